The maximum atomic E-state index is 10.8. The van der Waals surface area contributed by atoms with Crippen LogP contribution < -0.4 is 0 Å². The smallest absolute Gasteiger partial charge is 0.317 e. The Kier molecular flexibility index (Phi) is 3.76. The second kappa shape index (κ2) is 5.29. The summed E-state index contributed by atoms with van der Waals surface area (Å²) in [6.07, 6.45) is -0.0215. The van der Waals surface area contributed by atoms with Crippen LogP contribution in [-0.2, 0) is 9.53 Å². The van der Waals surface area contributed by atoms with Crippen LogP contribution in [-0.4, -0.2) is 41.7 Å². The van der Waals surface area contributed by atoms with Gasteiger partial charge in [-0.1, -0.05) is 30.3 Å². The molecule has 2 atom stereocenters. The van der Waals surface area contributed by atoms with E-state index in [9.17, 15) is 4.79 Å². The summed E-state index contributed by atoms with van der Waals surface area (Å²) >= 11 is 0. The van der Waals surface area contributed by atoms with Gasteiger partial charge in [-0.25, -0.2) is 0 Å². The molecule has 0 saturated carbocycles. The minimum absolute atomic E-state index is 0.0215. The molecule has 1 aromatic rings. The summed E-state index contributed by atoms with van der Waals surface area (Å²) in [5.41, 5.74) is 1.11. The van der Waals surface area contributed by atoms with Crippen LogP contribution in [0.1, 0.15) is 18.6 Å². The van der Waals surface area contributed by atoms with Crippen molar-refractivity contribution in [1.29, 1.82) is 0 Å². The monoisotopic (exact) mass is 235 g/mol. The average molecular weight is 235 g/mol. The molecule has 1 aliphatic rings. The molecule has 92 valence electrons. The fourth-order valence-corrected chi connectivity index (χ4v) is 2.07. The van der Waals surface area contributed by atoms with E-state index in [2.05, 4.69) is 0 Å². The number of ether oxygens (including phenoxy) is 1. The highest BCUT2D eigenvalue weighted by atomic mass is 16.5. The zero-order valence-electron chi connectivity index (χ0n) is 9.87. The van der Waals surface area contributed by atoms with Crippen LogP contribution >= 0.6 is 0 Å². The zero-order chi connectivity index (χ0) is 12.3. The largest absolute Gasteiger partial charge is 0.480 e. The SMILES string of the molecule is C[C@@H]1CO[C@@H](c2ccccc2)CN1CC(=O)O. The van der Waals surface area contributed by atoms with E-state index in [4.69, 9.17) is 9.84 Å². The second-order valence-corrected chi connectivity index (χ2v) is 4.40. The predicted molar refractivity (Wildman–Crippen MR) is 63.8 cm³/mol. The molecule has 1 aliphatic heterocycles. The maximum absolute atomic E-state index is 10.8. The minimum atomic E-state index is -0.787. The molecule has 0 unspecified atom stereocenters. The first kappa shape index (κ1) is 12.1. The number of hydrogen-bond donors (Lipinski definition) is 1. The predicted octanol–water partition coefficient (Wildman–Crippen LogP) is 1.53. The number of morpholine rings is 1. The first-order valence-electron chi connectivity index (χ1n) is 5.79. The van der Waals surface area contributed by atoms with Crippen molar-refractivity contribution in [3.05, 3.63) is 35.9 Å². The van der Waals surface area contributed by atoms with E-state index >= 15 is 0 Å². The lowest BCUT2D eigenvalue weighted by Crippen LogP contribution is -2.47. The van der Waals surface area contributed by atoms with Crippen molar-refractivity contribution in [3.63, 3.8) is 0 Å². The van der Waals surface area contributed by atoms with E-state index in [0.29, 0.717) is 13.2 Å². The van der Waals surface area contributed by atoms with Crippen molar-refractivity contribution in [1.82, 2.24) is 4.90 Å². The van der Waals surface area contributed by atoms with Gasteiger partial charge in [0.25, 0.3) is 0 Å². The molecule has 4 nitrogen and oxygen atoms in total. The van der Waals surface area contributed by atoms with E-state index < -0.39 is 5.97 Å². The molecule has 1 aromatic carbocycles. The van der Waals surface area contributed by atoms with E-state index in [1.165, 1.54) is 0 Å². The van der Waals surface area contributed by atoms with Gasteiger partial charge in [0.1, 0.15) is 0 Å². The van der Waals surface area contributed by atoms with Crippen LogP contribution in [0.15, 0.2) is 30.3 Å². The molecule has 0 radical (unpaired) electrons. The lowest BCUT2D eigenvalue weighted by atomic mass is 10.1. The number of rotatable bonds is 3. The van der Waals surface area contributed by atoms with Crippen LogP contribution in [0.3, 0.4) is 0 Å². The number of carboxylic acids is 1. The number of carboxylic acid groups (broad SMARTS) is 1. The molecule has 1 heterocycles. The van der Waals surface area contributed by atoms with Crippen LogP contribution in [0, 0.1) is 0 Å². The van der Waals surface area contributed by atoms with Crippen LogP contribution in [0.25, 0.3) is 0 Å². The van der Waals surface area contributed by atoms with Crippen molar-refractivity contribution < 1.29 is 14.6 Å². The summed E-state index contributed by atoms with van der Waals surface area (Å²) in [4.78, 5) is 12.7. The van der Waals surface area contributed by atoms with Gasteiger partial charge in [-0.2, -0.15) is 0 Å². The third kappa shape index (κ3) is 3.05. The van der Waals surface area contributed by atoms with Crippen molar-refractivity contribution in [2.45, 2.75) is 19.1 Å². The summed E-state index contributed by atoms with van der Waals surface area (Å²) in [5, 5.41) is 8.86. The van der Waals surface area contributed by atoms with Gasteiger partial charge in [-0.05, 0) is 12.5 Å². The number of carbonyl (C=O) groups is 1. The van der Waals surface area contributed by atoms with Gasteiger partial charge < -0.3 is 9.84 Å². The minimum Gasteiger partial charge on any atom is -0.480 e. The number of aliphatic carboxylic acids is 1. The third-order valence-electron chi connectivity index (χ3n) is 3.07. The summed E-state index contributed by atoms with van der Waals surface area (Å²) < 4.78 is 5.75. The zero-order valence-corrected chi connectivity index (χ0v) is 9.87. The highest BCUT2D eigenvalue weighted by molar-refractivity contribution is 5.69. The number of benzene rings is 1. The topological polar surface area (TPSA) is 49.8 Å². The standard InChI is InChI=1S/C13H17NO3/c1-10-9-17-12(7-14(10)8-13(15)16)11-5-3-2-4-6-11/h2-6,10,12H,7-9H2,1H3,(H,15,16)/t10-,12-/m1/s1. The molecule has 0 spiro atoms. The van der Waals surface area contributed by atoms with Crippen molar-refractivity contribution in [2.24, 2.45) is 0 Å². The summed E-state index contributed by atoms with van der Waals surface area (Å²) in [7, 11) is 0. The molecular weight excluding hydrogens is 218 g/mol. The lowest BCUT2D eigenvalue weighted by Gasteiger charge is -2.37. The van der Waals surface area contributed by atoms with Crippen molar-refractivity contribution in [2.75, 3.05) is 19.7 Å². The van der Waals surface area contributed by atoms with Gasteiger partial charge in [-0.3, -0.25) is 9.69 Å². The Bertz CT molecular complexity index is 380. The molecule has 4 heteroatoms. The lowest BCUT2D eigenvalue weighted by molar-refractivity contribution is -0.142. The Morgan fingerprint density at radius 3 is 2.82 bits per heavy atom. The summed E-state index contributed by atoms with van der Waals surface area (Å²) in [6.45, 7) is 3.28. The van der Waals surface area contributed by atoms with Crippen LogP contribution in [0.2, 0.25) is 0 Å². The van der Waals surface area contributed by atoms with E-state index in [-0.39, 0.29) is 18.7 Å². The molecule has 0 aliphatic carbocycles. The van der Waals surface area contributed by atoms with Gasteiger partial charge in [0, 0.05) is 12.6 Å². The third-order valence-corrected chi connectivity index (χ3v) is 3.07. The molecule has 0 aromatic heterocycles. The van der Waals surface area contributed by atoms with Gasteiger partial charge in [0.15, 0.2) is 0 Å². The van der Waals surface area contributed by atoms with Crippen molar-refractivity contribution >= 4 is 5.97 Å². The number of nitrogens with zero attached hydrogens (tertiary/aromatic N) is 1. The van der Waals surface area contributed by atoms with Gasteiger partial charge in [0.05, 0.1) is 19.3 Å². The highest BCUT2D eigenvalue weighted by Crippen LogP contribution is 2.24. The molecular formula is C13H17NO3. The first-order valence-corrected chi connectivity index (χ1v) is 5.79. The van der Waals surface area contributed by atoms with E-state index in [0.717, 1.165) is 5.56 Å². The van der Waals surface area contributed by atoms with Crippen molar-refractivity contribution in [3.8, 4) is 0 Å². The normalized spacial score (nSPS) is 25.7. The molecule has 1 saturated heterocycles. The highest BCUT2D eigenvalue weighted by Gasteiger charge is 2.28. The number of hydrogen-bond acceptors (Lipinski definition) is 3. The van der Waals surface area contributed by atoms with Crippen LogP contribution in [0.4, 0.5) is 0 Å². The molecule has 0 amide bonds. The first-order chi connectivity index (χ1) is 8.16. The summed E-state index contributed by atoms with van der Waals surface area (Å²) in [5.74, 6) is -0.787. The van der Waals surface area contributed by atoms with Gasteiger partial charge in [-0.15, -0.1) is 0 Å². The average Bonchev–Trinajstić information content (AvgIpc) is 2.32. The van der Waals surface area contributed by atoms with Gasteiger partial charge in [0.2, 0.25) is 0 Å². The second-order valence-electron chi connectivity index (χ2n) is 4.40. The molecule has 2 rings (SSSR count). The Hall–Kier alpha value is -1.39. The Morgan fingerprint density at radius 2 is 2.18 bits per heavy atom. The summed E-state index contributed by atoms with van der Waals surface area (Å²) in [6, 6.07) is 10.1. The fourth-order valence-electron chi connectivity index (χ4n) is 2.07. The Morgan fingerprint density at radius 1 is 1.47 bits per heavy atom. The van der Waals surface area contributed by atoms with Gasteiger partial charge >= 0.3 is 5.97 Å². The van der Waals surface area contributed by atoms with Crippen LogP contribution in [0.5, 0.6) is 0 Å². The van der Waals surface area contributed by atoms with E-state index in [1.807, 2.05) is 42.2 Å². The molecule has 0 bridgehead atoms. The quantitative estimate of drug-likeness (QED) is 0.863. The maximum Gasteiger partial charge on any atom is 0.317 e. The molecule has 1 N–H and O–H groups in total. The molecule has 1 fully saturated rings. The fraction of sp³-hybridized carbons (Fsp3) is 0.462. The molecule has 17 heavy (non-hydrogen) atoms. The Balaban J connectivity index is 2.05. The Labute approximate surface area is 101 Å². The van der Waals surface area contributed by atoms with E-state index in [1.54, 1.807) is 0 Å².